The maximum absolute atomic E-state index is 12.7. The Hall–Kier alpha value is -2.73. The number of anilines is 1. The number of nitrogens with zero attached hydrogens (tertiary/aromatic N) is 2. The molecule has 0 aliphatic carbocycles. The number of rotatable bonds is 7. The molecule has 2 N–H and O–H groups in total. The summed E-state index contributed by atoms with van der Waals surface area (Å²) in [6.07, 6.45) is 1.48. The molecule has 27 heavy (non-hydrogen) atoms. The van der Waals surface area contributed by atoms with Crippen molar-refractivity contribution in [1.29, 1.82) is 0 Å². The molecule has 0 radical (unpaired) electrons. The molecule has 2 aromatic rings. The van der Waals surface area contributed by atoms with Crippen LogP contribution in [0.15, 0.2) is 36.5 Å². The van der Waals surface area contributed by atoms with Crippen LogP contribution >= 0.6 is 0 Å². The van der Waals surface area contributed by atoms with Gasteiger partial charge in [0.25, 0.3) is 11.8 Å². The van der Waals surface area contributed by atoms with E-state index >= 15 is 0 Å². The van der Waals surface area contributed by atoms with Crippen LogP contribution in [-0.2, 0) is 0 Å². The number of aryl methyl sites for hydroxylation is 1. The molecule has 6 heteroatoms. The molecule has 6 nitrogen and oxygen atoms in total. The predicted molar refractivity (Wildman–Crippen MR) is 108 cm³/mol. The fourth-order valence-corrected chi connectivity index (χ4v) is 2.71. The first-order valence-corrected chi connectivity index (χ1v) is 9.09. The molecule has 144 valence electrons. The lowest BCUT2D eigenvalue weighted by molar-refractivity contribution is 0.0951. The molecule has 1 aromatic carbocycles. The summed E-state index contributed by atoms with van der Waals surface area (Å²) in [6.45, 7) is 7.42. The molecule has 1 aromatic heterocycles. The summed E-state index contributed by atoms with van der Waals surface area (Å²) >= 11 is 0. The fourth-order valence-electron chi connectivity index (χ4n) is 2.71. The fraction of sp³-hybridized carbons (Fsp3) is 0.381. The molecule has 0 bridgehead atoms. The van der Waals surface area contributed by atoms with Gasteiger partial charge in [0.1, 0.15) is 5.69 Å². The van der Waals surface area contributed by atoms with Gasteiger partial charge in [0.15, 0.2) is 0 Å². The van der Waals surface area contributed by atoms with Crippen LogP contribution in [0.4, 0.5) is 5.69 Å². The van der Waals surface area contributed by atoms with Crippen molar-refractivity contribution >= 4 is 17.5 Å². The van der Waals surface area contributed by atoms with E-state index < -0.39 is 0 Å². The van der Waals surface area contributed by atoms with Crippen LogP contribution in [0, 0.1) is 6.92 Å². The average Bonchev–Trinajstić information content (AvgIpc) is 2.62. The lowest BCUT2D eigenvalue weighted by atomic mass is 9.98. The minimum atomic E-state index is -0.325. The number of hydrogen-bond acceptors (Lipinski definition) is 4. The predicted octanol–water partition coefficient (Wildman–Crippen LogP) is 3.06. The van der Waals surface area contributed by atoms with Crippen LogP contribution in [0.3, 0.4) is 0 Å². The van der Waals surface area contributed by atoms with E-state index in [4.69, 9.17) is 0 Å². The number of carbonyl (C=O) groups excluding carboxylic acids is 2. The Labute approximate surface area is 161 Å². The second kappa shape index (κ2) is 9.28. The molecule has 0 aliphatic rings. The molecular formula is C21H28N4O2. The van der Waals surface area contributed by atoms with Crippen LogP contribution in [0.5, 0.6) is 0 Å². The van der Waals surface area contributed by atoms with Gasteiger partial charge in [-0.2, -0.15) is 0 Å². The number of hydrogen-bond donors (Lipinski definition) is 2. The molecule has 0 saturated heterocycles. The van der Waals surface area contributed by atoms with Gasteiger partial charge in [-0.15, -0.1) is 0 Å². The van der Waals surface area contributed by atoms with Crippen LogP contribution in [0.1, 0.15) is 51.7 Å². The van der Waals surface area contributed by atoms with E-state index in [0.717, 1.165) is 23.4 Å². The summed E-state index contributed by atoms with van der Waals surface area (Å²) in [6, 6.07) is 9.08. The largest absolute Gasteiger partial charge is 0.351 e. The molecule has 2 amide bonds. The number of carbonyl (C=O) groups is 2. The number of nitrogens with one attached hydrogen (secondary N) is 2. The Morgan fingerprint density at radius 3 is 2.56 bits per heavy atom. The van der Waals surface area contributed by atoms with Crippen molar-refractivity contribution < 1.29 is 9.59 Å². The molecule has 0 aliphatic heterocycles. The number of pyridine rings is 1. The van der Waals surface area contributed by atoms with E-state index in [2.05, 4.69) is 29.5 Å². The SMILES string of the molecule is Cc1cccc(C(C)C)c1NC(=O)c1cc(C(=O)NCCN(C)C)ccn1. The second-order valence-electron chi connectivity index (χ2n) is 7.14. The van der Waals surface area contributed by atoms with Crippen molar-refractivity contribution in [2.24, 2.45) is 0 Å². The molecular weight excluding hydrogens is 340 g/mol. The zero-order valence-electron chi connectivity index (χ0n) is 16.7. The maximum atomic E-state index is 12.7. The molecule has 0 saturated carbocycles. The number of amides is 2. The van der Waals surface area contributed by atoms with E-state index in [9.17, 15) is 9.59 Å². The summed E-state index contributed by atoms with van der Waals surface area (Å²) in [4.78, 5) is 31.1. The van der Waals surface area contributed by atoms with Crippen molar-refractivity contribution in [1.82, 2.24) is 15.2 Å². The van der Waals surface area contributed by atoms with Crippen molar-refractivity contribution in [2.75, 3.05) is 32.5 Å². The Morgan fingerprint density at radius 2 is 1.89 bits per heavy atom. The smallest absolute Gasteiger partial charge is 0.274 e. The molecule has 0 fully saturated rings. The summed E-state index contributed by atoms with van der Waals surface area (Å²) in [5.74, 6) is -0.261. The van der Waals surface area contributed by atoms with Crippen LogP contribution in [0.25, 0.3) is 0 Å². The van der Waals surface area contributed by atoms with Crippen LogP contribution in [0.2, 0.25) is 0 Å². The highest BCUT2D eigenvalue weighted by Crippen LogP contribution is 2.27. The number of likely N-dealkylation sites (N-methyl/N-ethyl adjacent to an activating group) is 1. The van der Waals surface area contributed by atoms with Crippen molar-refractivity contribution in [3.63, 3.8) is 0 Å². The molecule has 2 rings (SSSR count). The van der Waals surface area contributed by atoms with Gasteiger partial charge in [0.05, 0.1) is 0 Å². The summed E-state index contributed by atoms with van der Waals surface area (Å²) in [5, 5.41) is 5.80. The molecule has 0 atom stereocenters. The highest BCUT2D eigenvalue weighted by atomic mass is 16.2. The van der Waals surface area contributed by atoms with Gasteiger partial charge in [0.2, 0.25) is 0 Å². The normalized spacial score (nSPS) is 10.9. The van der Waals surface area contributed by atoms with E-state index in [1.807, 2.05) is 44.1 Å². The Kier molecular flexibility index (Phi) is 7.07. The quantitative estimate of drug-likeness (QED) is 0.788. The van der Waals surface area contributed by atoms with E-state index in [-0.39, 0.29) is 23.4 Å². The average molecular weight is 368 g/mol. The Morgan fingerprint density at radius 1 is 1.15 bits per heavy atom. The van der Waals surface area contributed by atoms with Crippen LogP contribution < -0.4 is 10.6 Å². The highest BCUT2D eigenvalue weighted by Gasteiger charge is 2.16. The lowest BCUT2D eigenvalue weighted by Crippen LogP contribution is -2.31. The van der Waals surface area contributed by atoms with Gasteiger partial charge in [-0.05, 0) is 50.2 Å². The summed E-state index contributed by atoms with van der Waals surface area (Å²) < 4.78 is 0. The first-order chi connectivity index (χ1) is 12.8. The van der Waals surface area contributed by atoms with E-state index in [1.165, 1.54) is 12.3 Å². The summed E-state index contributed by atoms with van der Waals surface area (Å²) in [5.41, 5.74) is 3.50. The maximum Gasteiger partial charge on any atom is 0.274 e. The van der Waals surface area contributed by atoms with Crippen molar-refractivity contribution in [3.8, 4) is 0 Å². The zero-order chi connectivity index (χ0) is 20.0. The molecule has 0 unspecified atom stereocenters. The Balaban J connectivity index is 2.15. The van der Waals surface area contributed by atoms with Crippen LogP contribution in [-0.4, -0.2) is 48.9 Å². The minimum absolute atomic E-state index is 0.216. The third kappa shape index (κ3) is 5.62. The minimum Gasteiger partial charge on any atom is -0.351 e. The standard InChI is InChI=1S/C21H28N4O2/c1-14(2)17-8-6-7-15(3)19(17)24-21(27)18-13-16(9-10-22-18)20(26)23-11-12-25(4)5/h6-10,13-14H,11-12H2,1-5H3,(H,23,26)(H,24,27). The van der Waals surface area contributed by atoms with E-state index in [0.29, 0.717) is 12.1 Å². The number of para-hydroxylation sites is 1. The molecule has 1 heterocycles. The number of aromatic nitrogens is 1. The van der Waals surface area contributed by atoms with Gasteiger partial charge >= 0.3 is 0 Å². The highest BCUT2D eigenvalue weighted by molar-refractivity contribution is 6.05. The monoisotopic (exact) mass is 368 g/mol. The Bertz CT molecular complexity index is 816. The van der Waals surface area contributed by atoms with Crippen molar-refractivity contribution in [2.45, 2.75) is 26.7 Å². The third-order valence-corrected chi connectivity index (χ3v) is 4.26. The lowest BCUT2D eigenvalue weighted by Gasteiger charge is -2.16. The van der Waals surface area contributed by atoms with Gasteiger partial charge in [-0.1, -0.05) is 32.0 Å². The summed E-state index contributed by atoms with van der Waals surface area (Å²) in [7, 11) is 3.88. The van der Waals surface area contributed by atoms with E-state index in [1.54, 1.807) is 6.07 Å². The topological polar surface area (TPSA) is 74.3 Å². The van der Waals surface area contributed by atoms with Crippen molar-refractivity contribution in [3.05, 3.63) is 58.9 Å². The zero-order valence-corrected chi connectivity index (χ0v) is 16.7. The van der Waals surface area contributed by atoms with Gasteiger partial charge in [-0.25, -0.2) is 0 Å². The first kappa shape index (κ1) is 20.6. The van der Waals surface area contributed by atoms with Gasteiger partial charge in [-0.3, -0.25) is 14.6 Å². The first-order valence-electron chi connectivity index (χ1n) is 9.09. The second-order valence-corrected chi connectivity index (χ2v) is 7.14. The molecule has 0 spiro atoms. The van der Waals surface area contributed by atoms with Gasteiger partial charge in [0, 0.05) is 30.5 Å². The third-order valence-electron chi connectivity index (χ3n) is 4.26. The van der Waals surface area contributed by atoms with Gasteiger partial charge < -0.3 is 15.5 Å². The number of benzene rings is 1.